The topological polar surface area (TPSA) is 96.6 Å². The molecular formula is C8H21IN4O2S. The normalized spacial score (nSPS) is 12.0. The summed E-state index contributed by atoms with van der Waals surface area (Å²) in [7, 11) is -3.08. The molecule has 0 unspecified atom stereocenters. The molecule has 0 aromatic carbocycles. The smallest absolute Gasteiger partial charge is 0.208 e. The summed E-state index contributed by atoms with van der Waals surface area (Å²) in [5.41, 5.74) is 5.53. The summed E-state index contributed by atoms with van der Waals surface area (Å²) < 4.78 is 23.8. The van der Waals surface area contributed by atoms with E-state index in [-0.39, 0.29) is 24.0 Å². The molecule has 0 amide bonds. The molecule has 8 heteroatoms. The highest BCUT2D eigenvalue weighted by molar-refractivity contribution is 14.0. The molecule has 0 radical (unpaired) electrons. The highest BCUT2D eigenvalue weighted by Gasteiger charge is 1.98. The fourth-order valence-electron chi connectivity index (χ4n) is 0.851. The van der Waals surface area contributed by atoms with E-state index < -0.39 is 10.0 Å². The minimum Gasteiger partial charge on any atom is -0.370 e. The van der Waals surface area contributed by atoms with Crippen LogP contribution in [-0.2, 0) is 10.0 Å². The number of rotatable bonds is 7. The van der Waals surface area contributed by atoms with Crippen molar-refractivity contribution in [2.45, 2.75) is 19.8 Å². The van der Waals surface area contributed by atoms with Gasteiger partial charge in [0.2, 0.25) is 10.0 Å². The fraction of sp³-hybridized carbons (Fsp3) is 0.875. The highest BCUT2D eigenvalue weighted by atomic mass is 127. The lowest BCUT2D eigenvalue weighted by atomic mass is 10.4. The molecule has 0 spiro atoms. The Morgan fingerprint density at radius 3 is 2.50 bits per heavy atom. The van der Waals surface area contributed by atoms with E-state index in [1.807, 2.05) is 6.92 Å². The van der Waals surface area contributed by atoms with E-state index in [0.29, 0.717) is 32.0 Å². The van der Waals surface area contributed by atoms with Crippen LogP contribution in [0, 0.1) is 0 Å². The number of sulfonamides is 1. The standard InChI is InChI=1S/C8H20N4O2S.HI/c1-3-5-10-8(9)11-6-4-7-12-15(2,13)14;/h12H,3-7H2,1-2H3,(H3,9,10,11);1H. The summed E-state index contributed by atoms with van der Waals surface area (Å²) in [6, 6.07) is 0. The van der Waals surface area contributed by atoms with Crippen LogP contribution in [0.25, 0.3) is 0 Å². The van der Waals surface area contributed by atoms with E-state index in [1.54, 1.807) is 0 Å². The van der Waals surface area contributed by atoms with E-state index in [2.05, 4.69) is 15.0 Å². The summed E-state index contributed by atoms with van der Waals surface area (Å²) >= 11 is 0. The predicted molar refractivity (Wildman–Crippen MR) is 77.7 cm³/mol. The molecule has 4 N–H and O–H groups in total. The van der Waals surface area contributed by atoms with Crippen LogP contribution < -0.4 is 15.8 Å². The Bertz CT molecular complexity index is 292. The van der Waals surface area contributed by atoms with Gasteiger partial charge in [-0.3, -0.25) is 4.99 Å². The van der Waals surface area contributed by atoms with Crippen molar-refractivity contribution in [1.29, 1.82) is 0 Å². The van der Waals surface area contributed by atoms with Crippen molar-refractivity contribution in [3.05, 3.63) is 0 Å². The van der Waals surface area contributed by atoms with Crippen LogP contribution in [0.5, 0.6) is 0 Å². The van der Waals surface area contributed by atoms with Gasteiger partial charge in [-0.25, -0.2) is 13.1 Å². The van der Waals surface area contributed by atoms with Crippen molar-refractivity contribution in [3.8, 4) is 0 Å². The molecule has 0 rings (SSSR count). The molecule has 0 aliphatic heterocycles. The van der Waals surface area contributed by atoms with Crippen LogP contribution in [0.3, 0.4) is 0 Å². The third-order valence-electron chi connectivity index (χ3n) is 1.53. The maximum atomic E-state index is 10.7. The maximum absolute atomic E-state index is 10.7. The Hall–Kier alpha value is -0.0900. The second-order valence-electron chi connectivity index (χ2n) is 3.21. The number of nitrogens with one attached hydrogen (secondary N) is 2. The number of halogens is 1. The SMILES string of the molecule is CCCN=C(N)NCCCNS(C)(=O)=O.I. The number of nitrogens with two attached hydrogens (primary N) is 1. The highest BCUT2D eigenvalue weighted by Crippen LogP contribution is 1.79. The zero-order chi connectivity index (χ0) is 11.7. The van der Waals surface area contributed by atoms with Gasteiger partial charge in [-0.05, 0) is 12.8 Å². The van der Waals surface area contributed by atoms with Gasteiger partial charge in [0.25, 0.3) is 0 Å². The first-order valence-electron chi connectivity index (χ1n) is 4.94. The Morgan fingerprint density at radius 1 is 1.38 bits per heavy atom. The first kappa shape index (κ1) is 18.3. The van der Waals surface area contributed by atoms with Gasteiger partial charge in [0, 0.05) is 19.6 Å². The third kappa shape index (κ3) is 13.9. The lowest BCUT2D eigenvalue weighted by molar-refractivity contribution is 0.584. The zero-order valence-electron chi connectivity index (χ0n) is 9.69. The summed E-state index contributed by atoms with van der Waals surface area (Å²) in [5, 5.41) is 2.90. The molecule has 0 aromatic rings. The average molecular weight is 364 g/mol. The Kier molecular flexibility index (Phi) is 11.5. The van der Waals surface area contributed by atoms with Crippen molar-refractivity contribution in [3.63, 3.8) is 0 Å². The van der Waals surface area contributed by atoms with Crippen LogP contribution >= 0.6 is 24.0 Å². The summed E-state index contributed by atoms with van der Waals surface area (Å²) in [4.78, 5) is 4.03. The second kappa shape index (κ2) is 10.1. The molecule has 0 atom stereocenters. The Balaban J connectivity index is 0. The minimum absolute atomic E-state index is 0. The molecule has 0 saturated carbocycles. The van der Waals surface area contributed by atoms with E-state index >= 15 is 0 Å². The van der Waals surface area contributed by atoms with Crippen LogP contribution in [0.15, 0.2) is 4.99 Å². The van der Waals surface area contributed by atoms with Gasteiger partial charge in [0.15, 0.2) is 5.96 Å². The number of hydrogen-bond acceptors (Lipinski definition) is 3. The van der Waals surface area contributed by atoms with Gasteiger partial charge >= 0.3 is 0 Å². The van der Waals surface area contributed by atoms with Crippen molar-refractivity contribution < 1.29 is 8.42 Å². The van der Waals surface area contributed by atoms with Gasteiger partial charge in [-0.1, -0.05) is 6.92 Å². The molecule has 0 aromatic heterocycles. The van der Waals surface area contributed by atoms with Crippen LogP contribution in [0.4, 0.5) is 0 Å². The number of guanidine groups is 1. The zero-order valence-corrected chi connectivity index (χ0v) is 12.8. The summed E-state index contributed by atoms with van der Waals surface area (Å²) in [6.07, 6.45) is 2.77. The van der Waals surface area contributed by atoms with Gasteiger partial charge in [-0.2, -0.15) is 0 Å². The molecular weight excluding hydrogens is 343 g/mol. The molecule has 0 aliphatic carbocycles. The lowest BCUT2D eigenvalue weighted by Gasteiger charge is -2.05. The van der Waals surface area contributed by atoms with Crippen molar-refractivity contribution in [2.24, 2.45) is 10.7 Å². The van der Waals surface area contributed by atoms with Crippen LogP contribution in [-0.4, -0.2) is 40.3 Å². The van der Waals surface area contributed by atoms with Crippen molar-refractivity contribution in [1.82, 2.24) is 10.0 Å². The Morgan fingerprint density at radius 2 is 2.00 bits per heavy atom. The molecule has 98 valence electrons. The van der Waals surface area contributed by atoms with Crippen molar-refractivity contribution >= 4 is 40.0 Å². The molecule has 6 nitrogen and oxygen atoms in total. The quantitative estimate of drug-likeness (QED) is 0.254. The number of aliphatic imine (C=N–C) groups is 1. The minimum atomic E-state index is -3.08. The third-order valence-corrected chi connectivity index (χ3v) is 2.26. The first-order chi connectivity index (χ1) is 6.95. The molecule has 0 bridgehead atoms. The largest absolute Gasteiger partial charge is 0.370 e. The van der Waals surface area contributed by atoms with Crippen LogP contribution in [0.1, 0.15) is 19.8 Å². The monoisotopic (exact) mass is 364 g/mol. The number of nitrogens with zero attached hydrogens (tertiary/aromatic N) is 1. The van der Waals surface area contributed by atoms with Crippen molar-refractivity contribution in [2.75, 3.05) is 25.9 Å². The fourth-order valence-corrected chi connectivity index (χ4v) is 1.37. The average Bonchev–Trinajstić information content (AvgIpc) is 2.12. The van der Waals surface area contributed by atoms with E-state index in [9.17, 15) is 8.42 Å². The second-order valence-corrected chi connectivity index (χ2v) is 5.05. The van der Waals surface area contributed by atoms with E-state index in [0.717, 1.165) is 12.7 Å². The maximum Gasteiger partial charge on any atom is 0.208 e. The summed E-state index contributed by atoms with van der Waals surface area (Å²) in [5.74, 6) is 0.413. The van der Waals surface area contributed by atoms with E-state index in [1.165, 1.54) is 0 Å². The van der Waals surface area contributed by atoms with Gasteiger partial charge < -0.3 is 11.1 Å². The molecule has 0 aliphatic rings. The molecule has 16 heavy (non-hydrogen) atoms. The van der Waals surface area contributed by atoms with E-state index in [4.69, 9.17) is 5.73 Å². The summed E-state index contributed by atoms with van der Waals surface area (Å²) in [6.45, 7) is 3.75. The predicted octanol–water partition coefficient (Wildman–Crippen LogP) is -0.142. The van der Waals surface area contributed by atoms with Crippen LogP contribution in [0.2, 0.25) is 0 Å². The molecule has 0 heterocycles. The molecule has 0 fully saturated rings. The lowest BCUT2D eigenvalue weighted by Crippen LogP contribution is -2.34. The number of hydrogen-bond donors (Lipinski definition) is 3. The van der Waals surface area contributed by atoms with Gasteiger partial charge in [0.1, 0.15) is 0 Å². The van der Waals surface area contributed by atoms with Gasteiger partial charge in [0.05, 0.1) is 6.26 Å². The van der Waals surface area contributed by atoms with Gasteiger partial charge in [-0.15, -0.1) is 24.0 Å². The first-order valence-corrected chi connectivity index (χ1v) is 6.83. The molecule has 0 saturated heterocycles. The Labute approximate surface area is 115 Å².